The molecule has 0 radical (unpaired) electrons. The van der Waals surface area contributed by atoms with Crippen LogP contribution in [0.15, 0.2) is 12.4 Å². The maximum Gasteiger partial charge on any atom is 0.154 e. The first kappa shape index (κ1) is 16.2. The topological polar surface area (TPSA) is 64.0 Å². The first-order chi connectivity index (χ1) is 8.74. The number of rotatable bonds is 7. The number of nitrogens with one attached hydrogen (secondary N) is 1. The van der Waals surface area contributed by atoms with Crippen molar-refractivity contribution in [2.45, 2.75) is 51.4 Å². The number of sulfone groups is 1. The lowest BCUT2D eigenvalue weighted by Gasteiger charge is -2.33. The van der Waals surface area contributed by atoms with Gasteiger partial charge in [0.05, 0.1) is 17.0 Å². The predicted molar refractivity (Wildman–Crippen MR) is 77.9 cm³/mol. The van der Waals surface area contributed by atoms with Crippen molar-refractivity contribution in [3.63, 3.8) is 0 Å². The van der Waals surface area contributed by atoms with E-state index in [0.29, 0.717) is 0 Å². The molecule has 0 aliphatic rings. The van der Waals surface area contributed by atoms with Crippen LogP contribution < -0.4 is 5.32 Å². The monoisotopic (exact) mass is 287 g/mol. The minimum atomic E-state index is -3.18. The molecular weight excluding hydrogens is 262 g/mol. The normalized spacial score (nSPS) is 14.6. The summed E-state index contributed by atoms with van der Waals surface area (Å²) in [5, 5.41) is 7.58. The van der Waals surface area contributed by atoms with Crippen LogP contribution in [0.3, 0.4) is 0 Å². The van der Waals surface area contributed by atoms with Gasteiger partial charge in [-0.25, -0.2) is 8.42 Å². The van der Waals surface area contributed by atoms with Crippen molar-refractivity contribution < 1.29 is 8.42 Å². The van der Waals surface area contributed by atoms with Gasteiger partial charge in [0.2, 0.25) is 0 Å². The lowest BCUT2D eigenvalue weighted by molar-refractivity contribution is 0.420. The summed E-state index contributed by atoms with van der Waals surface area (Å²) in [4.78, 5) is 0. The van der Waals surface area contributed by atoms with Crippen LogP contribution in [0.1, 0.15) is 45.7 Å². The highest BCUT2D eigenvalue weighted by atomic mass is 32.2. The molecule has 5 nitrogen and oxygen atoms in total. The Balaban J connectivity index is 3.14. The third-order valence-electron chi connectivity index (χ3n) is 3.56. The molecule has 1 rings (SSSR count). The summed E-state index contributed by atoms with van der Waals surface area (Å²) in [6.45, 7) is 9.15. The third-order valence-corrected chi connectivity index (χ3v) is 5.71. The Morgan fingerprint density at radius 3 is 2.47 bits per heavy atom. The zero-order valence-electron chi connectivity index (χ0n) is 12.5. The SMILES string of the molecule is CCCNC(c1cnn(CC)c1)C(C)(C)S(C)(=O)=O. The lowest BCUT2D eigenvalue weighted by Crippen LogP contribution is -2.45. The molecule has 1 atom stereocenters. The molecule has 0 bridgehead atoms. The maximum atomic E-state index is 12.0. The molecule has 0 saturated carbocycles. The van der Waals surface area contributed by atoms with E-state index < -0.39 is 14.6 Å². The van der Waals surface area contributed by atoms with Crippen LogP contribution in [0.2, 0.25) is 0 Å². The lowest BCUT2D eigenvalue weighted by atomic mass is 9.97. The molecule has 0 aliphatic carbocycles. The average molecular weight is 287 g/mol. The Hall–Kier alpha value is -0.880. The number of nitrogens with zero attached hydrogens (tertiary/aromatic N) is 2. The first-order valence-corrected chi connectivity index (χ1v) is 8.58. The van der Waals surface area contributed by atoms with Crippen molar-refractivity contribution >= 4 is 9.84 Å². The first-order valence-electron chi connectivity index (χ1n) is 6.69. The fraction of sp³-hybridized carbons (Fsp3) is 0.769. The Morgan fingerprint density at radius 1 is 1.42 bits per heavy atom. The highest BCUT2D eigenvalue weighted by Gasteiger charge is 2.40. The van der Waals surface area contributed by atoms with Crippen molar-refractivity contribution in [1.82, 2.24) is 15.1 Å². The number of hydrogen-bond donors (Lipinski definition) is 1. The second kappa shape index (κ2) is 6.05. The van der Waals surface area contributed by atoms with Gasteiger partial charge < -0.3 is 5.32 Å². The van der Waals surface area contributed by atoms with E-state index in [0.717, 1.165) is 25.1 Å². The Kier molecular flexibility index (Phi) is 5.15. The third kappa shape index (κ3) is 3.57. The molecule has 0 fully saturated rings. The van der Waals surface area contributed by atoms with Crippen LogP contribution in [0.25, 0.3) is 0 Å². The Labute approximate surface area is 116 Å². The van der Waals surface area contributed by atoms with E-state index in [2.05, 4.69) is 17.3 Å². The van der Waals surface area contributed by atoms with Crippen molar-refractivity contribution in [2.24, 2.45) is 0 Å². The fourth-order valence-electron chi connectivity index (χ4n) is 1.97. The van der Waals surface area contributed by atoms with E-state index >= 15 is 0 Å². The summed E-state index contributed by atoms with van der Waals surface area (Å²) in [5.74, 6) is 0. The molecule has 0 aliphatic heterocycles. The van der Waals surface area contributed by atoms with Gasteiger partial charge in [0.1, 0.15) is 0 Å². The minimum Gasteiger partial charge on any atom is -0.309 e. The van der Waals surface area contributed by atoms with Gasteiger partial charge in [-0.3, -0.25) is 4.68 Å². The van der Waals surface area contributed by atoms with Gasteiger partial charge in [-0.15, -0.1) is 0 Å². The zero-order valence-corrected chi connectivity index (χ0v) is 13.3. The van der Waals surface area contributed by atoms with Gasteiger partial charge in [-0.2, -0.15) is 5.10 Å². The summed E-state index contributed by atoms with van der Waals surface area (Å²) in [5.41, 5.74) is 0.922. The summed E-state index contributed by atoms with van der Waals surface area (Å²) in [6, 6.07) is -0.247. The van der Waals surface area contributed by atoms with E-state index in [1.807, 2.05) is 17.8 Å². The van der Waals surface area contributed by atoms with Crippen molar-refractivity contribution in [1.29, 1.82) is 0 Å². The van der Waals surface area contributed by atoms with Crippen LogP contribution in [0, 0.1) is 0 Å². The van der Waals surface area contributed by atoms with E-state index in [-0.39, 0.29) is 6.04 Å². The van der Waals surface area contributed by atoms with Gasteiger partial charge in [0, 0.05) is 24.6 Å². The van der Waals surface area contributed by atoms with Crippen molar-refractivity contribution in [3.8, 4) is 0 Å². The number of aromatic nitrogens is 2. The average Bonchev–Trinajstić information content (AvgIpc) is 2.76. The quantitative estimate of drug-likeness (QED) is 0.830. The molecule has 110 valence electrons. The van der Waals surface area contributed by atoms with Crippen molar-refractivity contribution in [3.05, 3.63) is 18.0 Å². The highest BCUT2D eigenvalue weighted by molar-refractivity contribution is 7.92. The van der Waals surface area contributed by atoms with Crippen LogP contribution in [0.5, 0.6) is 0 Å². The Bertz CT molecular complexity index is 506. The van der Waals surface area contributed by atoms with E-state index in [9.17, 15) is 8.42 Å². The van der Waals surface area contributed by atoms with Gasteiger partial charge in [-0.1, -0.05) is 6.92 Å². The van der Waals surface area contributed by atoms with Crippen molar-refractivity contribution in [2.75, 3.05) is 12.8 Å². The van der Waals surface area contributed by atoms with E-state index in [1.54, 1.807) is 20.0 Å². The van der Waals surface area contributed by atoms with Crippen LogP contribution in [-0.4, -0.2) is 35.7 Å². The second-order valence-electron chi connectivity index (χ2n) is 5.39. The summed E-state index contributed by atoms with van der Waals surface area (Å²) >= 11 is 0. The molecule has 0 aromatic carbocycles. The molecule has 6 heteroatoms. The largest absolute Gasteiger partial charge is 0.309 e. The molecule has 0 saturated heterocycles. The summed E-state index contributed by atoms with van der Waals surface area (Å²) in [6.07, 6.45) is 5.92. The molecule has 1 heterocycles. The summed E-state index contributed by atoms with van der Waals surface area (Å²) in [7, 11) is -3.18. The van der Waals surface area contributed by atoms with Gasteiger partial charge in [-0.05, 0) is 33.7 Å². The number of hydrogen-bond acceptors (Lipinski definition) is 4. The second-order valence-corrected chi connectivity index (χ2v) is 7.99. The van der Waals surface area contributed by atoms with Gasteiger partial charge in [0.25, 0.3) is 0 Å². The van der Waals surface area contributed by atoms with Crippen LogP contribution >= 0.6 is 0 Å². The smallest absolute Gasteiger partial charge is 0.154 e. The fourth-order valence-corrected chi connectivity index (χ4v) is 2.62. The molecule has 19 heavy (non-hydrogen) atoms. The molecule has 1 N–H and O–H groups in total. The van der Waals surface area contributed by atoms with Gasteiger partial charge in [0.15, 0.2) is 9.84 Å². The van der Waals surface area contributed by atoms with Crippen LogP contribution in [-0.2, 0) is 16.4 Å². The molecule has 0 amide bonds. The maximum absolute atomic E-state index is 12.0. The van der Waals surface area contributed by atoms with E-state index in [1.165, 1.54) is 6.26 Å². The predicted octanol–water partition coefficient (Wildman–Crippen LogP) is 1.77. The molecule has 0 spiro atoms. The number of aryl methyl sites for hydroxylation is 1. The molecule has 1 aromatic heterocycles. The molecule has 1 aromatic rings. The minimum absolute atomic E-state index is 0.247. The summed E-state index contributed by atoms with van der Waals surface area (Å²) < 4.78 is 25.0. The molecular formula is C13H25N3O2S. The Morgan fingerprint density at radius 2 is 2.05 bits per heavy atom. The standard InChI is InChI=1S/C13H25N3O2S/c1-6-8-14-12(13(3,4)19(5,17)18)11-9-15-16(7-2)10-11/h9-10,12,14H,6-8H2,1-5H3. The highest BCUT2D eigenvalue weighted by Crippen LogP contribution is 2.32. The van der Waals surface area contributed by atoms with Gasteiger partial charge >= 0.3 is 0 Å². The zero-order chi connectivity index (χ0) is 14.7. The molecule has 1 unspecified atom stereocenters. The van der Waals surface area contributed by atoms with Crippen LogP contribution in [0.4, 0.5) is 0 Å². The van der Waals surface area contributed by atoms with E-state index in [4.69, 9.17) is 0 Å².